The minimum Gasteiger partial charge on any atom is -0.598 e. The van der Waals surface area contributed by atoms with Gasteiger partial charge in [-0.15, -0.1) is 4.72 Å². The maximum atomic E-state index is 14.6. The van der Waals surface area contributed by atoms with Gasteiger partial charge in [-0.1, -0.05) is 0 Å². The van der Waals surface area contributed by atoms with Gasteiger partial charge in [0.1, 0.15) is 16.3 Å². The molecule has 2 N–H and O–H groups in total. The zero-order chi connectivity index (χ0) is 30.1. The number of fused-ring (bicyclic) bond motifs is 2. The minimum absolute atomic E-state index is 0.0321. The molecule has 4 rings (SSSR count). The first kappa shape index (κ1) is 31.7. The van der Waals surface area contributed by atoms with Gasteiger partial charge in [-0.3, -0.25) is 9.78 Å². The number of carbonyl (C=O) groups excluding carboxylic acids is 1. The molecule has 1 aromatic carbocycles. The molecule has 0 saturated carbocycles. The molecule has 2 saturated heterocycles. The van der Waals surface area contributed by atoms with Crippen molar-refractivity contribution in [1.82, 2.24) is 24.3 Å². The second kappa shape index (κ2) is 12.5. The Bertz CT molecular complexity index is 1340. The zero-order valence-electron chi connectivity index (χ0n) is 23.5. The molecular formula is C27H36F3N5O4S2. The van der Waals surface area contributed by atoms with Gasteiger partial charge in [-0.25, -0.2) is 26.6 Å². The molecule has 2 fully saturated rings. The van der Waals surface area contributed by atoms with Crippen LogP contribution in [0.4, 0.5) is 13.2 Å². The Morgan fingerprint density at radius 2 is 1.73 bits per heavy atom. The van der Waals surface area contributed by atoms with Crippen LogP contribution in [0.5, 0.6) is 0 Å². The van der Waals surface area contributed by atoms with Gasteiger partial charge in [0.2, 0.25) is 10.0 Å². The second-order valence-electron chi connectivity index (χ2n) is 11.7. The fourth-order valence-corrected chi connectivity index (χ4v) is 8.30. The quantitative estimate of drug-likeness (QED) is 0.311. The molecule has 1 aromatic heterocycles. The van der Waals surface area contributed by atoms with Gasteiger partial charge >= 0.3 is 0 Å². The summed E-state index contributed by atoms with van der Waals surface area (Å²) in [5.41, 5.74) is 0.710. The number of benzene rings is 1. The molecule has 2 unspecified atom stereocenters. The maximum Gasteiger partial charge on any atom is 0.271 e. The van der Waals surface area contributed by atoms with Crippen molar-refractivity contribution in [3.63, 3.8) is 0 Å². The number of aromatic nitrogens is 2. The Kier molecular flexibility index (Phi) is 9.69. The lowest BCUT2D eigenvalue weighted by Crippen LogP contribution is -2.54. The molecule has 2 aliphatic rings. The largest absolute Gasteiger partial charge is 0.598 e. The van der Waals surface area contributed by atoms with E-state index in [4.69, 9.17) is 0 Å². The Morgan fingerprint density at radius 3 is 2.32 bits per heavy atom. The van der Waals surface area contributed by atoms with Crippen LogP contribution in [0.3, 0.4) is 0 Å². The van der Waals surface area contributed by atoms with Gasteiger partial charge < -0.3 is 9.87 Å². The molecule has 226 valence electrons. The van der Waals surface area contributed by atoms with Crippen molar-refractivity contribution in [2.24, 2.45) is 5.92 Å². The van der Waals surface area contributed by atoms with E-state index < -0.39 is 55.5 Å². The molecule has 3 heterocycles. The first-order valence-electron chi connectivity index (χ1n) is 13.5. The molecule has 0 aliphatic carbocycles. The standard InChI is InChI=1S/C27H36F3N5O4S2/c1-16-14-33-25(15-32-16)26(36)31-7-8-41(38,39)35-19-5-6-20(35)10-18(9-19)24(34-40(37)27(2,3)4)12-17-11-22(29)23(30)13-21(17)28/h11,13-15,18-20,24,34H,5-10,12H2,1-4H3,(H,31,36)/t18?,19-,20+,24-,40?/m1/s1. The molecule has 9 nitrogen and oxygen atoms in total. The van der Waals surface area contributed by atoms with Crippen LogP contribution < -0.4 is 10.0 Å². The van der Waals surface area contributed by atoms with Crippen molar-refractivity contribution < 1.29 is 30.9 Å². The summed E-state index contributed by atoms with van der Waals surface area (Å²) in [6.07, 6.45) is 4.90. The third-order valence-electron chi connectivity index (χ3n) is 7.60. The maximum absolute atomic E-state index is 14.6. The van der Waals surface area contributed by atoms with Crippen molar-refractivity contribution in [1.29, 1.82) is 0 Å². The Labute approximate surface area is 242 Å². The molecule has 2 bridgehead atoms. The van der Waals surface area contributed by atoms with Crippen LogP contribution in [0.15, 0.2) is 24.5 Å². The van der Waals surface area contributed by atoms with E-state index in [0.717, 1.165) is 6.07 Å². The molecule has 1 amide bonds. The number of nitrogens with one attached hydrogen (secondary N) is 2. The fraction of sp³-hybridized carbons (Fsp3) is 0.593. The van der Waals surface area contributed by atoms with E-state index in [1.54, 1.807) is 27.7 Å². The molecule has 0 spiro atoms. The number of sulfonamides is 1. The van der Waals surface area contributed by atoms with E-state index >= 15 is 0 Å². The number of nitrogens with zero attached hydrogens (tertiary/aromatic N) is 3. The fourth-order valence-electron chi connectivity index (χ4n) is 5.53. The average molecular weight is 616 g/mol. The van der Waals surface area contributed by atoms with Crippen LogP contribution in [0, 0.1) is 30.3 Å². The lowest BCUT2D eigenvalue weighted by molar-refractivity contribution is 0.0950. The molecule has 0 radical (unpaired) electrons. The van der Waals surface area contributed by atoms with Crippen molar-refractivity contribution in [3.8, 4) is 0 Å². The lowest BCUT2D eigenvalue weighted by atomic mass is 9.83. The number of rotatable bonds is 10. The topological polar surface area (TPSA) is 127 Å². The van der Waals surface area contributed by atoms with Gasteiger partial charge in [-0.05, 0) is 77.3 Å². The number of piperidine rings is 1. The molecule has 2 aliphatic heterocycles. The summed E-state index contributed by atoms with van der Waals surface area (Å²) < 4.78 is 85.8. The Morgan fingerprint density at radius 1 is 1.10 bits per heavy atom. The van der Waals surface area contributed by atoms with E-state index in [0.29, 0.717) is 37.4 Å². The Balaban J connectivity index is 1.45. The summed E-state index contributed by atoms with van der Waals surface area (Å²) in [4.78, 5) is 20.3. The number of carbonyl (C=O) groups is 1. The van der Waals surface area contributed by atoms with Gasteiger partial charge in [0.15, 0.2) is 11.6 Å². The van der Waals surface area contributed by atoms with E-state index in [2.05, 4.69) is 20.0 Å². The summed E-state index contributed by atoms with van der Waals surface area (Å²) >= 11 is -1.54. The van der Waals surface area contributed by atoms with Crippen LogP contribution in [-0.2, 0) is 27.8 Å². The number of halogens is 3. The normalized spacial score (nSPS) is 22.9. The van der Waals surface area contributed by atoms with Crippen molar-refractivity contribution in [2.75, 3.05) is 12.3 Å². The van der Waals surface area contributed by atoms with Crippen LogP contribution in [0.1, 0.15) is 68.2 Å². The van der Waals surface area contributed by atoms with Gasteiger partial charge in [0.05, 0.1) is 23.7 Å². The highest BCUT2D eigenvalue weighted by molar-refractivity contribution is 7.90. The van der Waals surface area contributed by atoms with Gasteiger partial charge in [-0.2, -0.15) is 4.31 Å². The summed E-state index contributed by atoms with van der Waals surface area (Å²) in [7, 11) is -3.72. The van der Waals surface area contributed by atoms with Crippen LogP contribution >= 0.6 is 0 Å². The van der Waals surface area contributed by atoms with E-state index in [1.807, 2.05) is 0 Å². The van der Waals surface area contributed by atoms with Gasteiger partial charge in [0.25, 0.3) is 5.91 Å². The summed E-state index contributed by atoms with van der Waals surface area (Å²) in [5, 5.41) is 2.58. The molecule has 41 heavy (non-hydrogen) atoms. The average Bonchev–Trinajstić information content (AvgIpc) is 3.17. The third kappa shape index (κ3) is 7.58. The van der Waals surface area contributed by atoms with Crippen LogP contribution in [0.2, 0.25) is 0 Å². The second-order valence-corrected chi connectivity index (χ2v) is 15.7. The predicted octanol–water partition coefficient (Wildman–Crippen LogP) is 3.17. The van der Waals surface area contributed by atoms with E-state index in [1.165, 1.54) is 16.7 Å². The first-order valence-corrected chi connectivity index (χ1v) is 16.3. The number of amides is 1. The monoisotopic (exact) mass is 615 g/mol. The highest BCUT2D eigenvalue weighted by atomic mass is 32.2. The number of hydrogen-bond donors (Lipinski definition) is 2. The van der Waals surface area contributed by atoms with Crippen molar-refractivity contribution >= 4 is 27.3 Å². The molecule has 2 aromatic rings. The van der Waals surface area contributed by atoms with Crippen LogP contribution in [-0.4, -0.2) is 68.3 Å². The lowest BCUT2D eigenvalue weighted by Gasteiger charge is -2.41. The SMILES string of the molecule is Cc1cnc(C(=O)NCCS(=O)(=O)N2[C@@H]3CC[C@H]2CC([C@@H](Cc2cc(F)c(F)cc2F)N[S+]([O-])C(C)(C)C)C3)cn1. The predicted molar refractivity (Wildman–Crippen MR) is 149 cm³/mol. The minimum atomic E-state index is -3.72. The summed E-state index contributed by atoms with van der Waals surface area (Å²) in [5.74, 6) is -4.32. The number of aryl methyl sites for hydroxylation is 1. The van der Waals surface area contributed by atoms with Crippen LogP contribution in [0.25, 0.3) is 0 Å². The summed E-state index contributed by atoms with van der Waals surface area (Å²) in [6, 6.07) is 0.140. The zero-order valence-corrected chi connectivity index (χ0v) is 25.1. The first-order chi connectivity index (χ1) is 19.2. The van der Waals surface area contributed by atoms with Gasteiger partial charge in [0, 0.05) is 42.3 Å². The molecule has 14 heteroatoms. The van der Waals surface area contributed by atoms with E-state index in [-0.39, 0.29) is 48.0 Å². The van der Waals surface area contributed by atoms with E-state index in [9.17, 15) is 30.9 Å². The number of hydrogen-bond acceptors (Lipinski definition) is 7. The Hall–Kier alpha value is -2.26. The highest BCUT2D eigenvalue weighted by Crippen LogP contribution is 2.42. The van der Waals surface area contributed by atoms with Crippen molar-refractivity contribution in [2.45, 2.75) is 82.7 Å². The third-order valence-corrected chi connectivity index (χ3v) is 11.2. The smallest absolute Gasteiger partial charge is 0.271 e. The molecule has 5 atom stereocenters. The molecular weight excluding hydrogens is 579 g/mol. The highest BCUT2D eigenvalue weighted by Gasteiger charge is 2.49. The summed E-state index contributed by atoms with van der Waals surface area (Å²) in [6.45, 7) is 7.00. The van der Waals surface area contributed by atoms with Crippen molar-refractivity contribution in [3.05, 3.63) is 58.9 Å².